The van der Waals surface area contributed by atoms with Gasteiger partial charge in [-0.15, -0.1) is 11.3 Å². The maximum absolute atomic E-state index is 12.6. The summed E-state index contributed by atoms with van der Waals surface area (Å²) in [5.74, 6) is 0.247. The van der Waals surface area contributed by atoms with Gasteiger partial charge in [0, 0.05) is 15.8 Å². The molecule has 0 aliphatic carbocycles. The fourth-order valence-corrected chi connectivity index (χ4v) is 3.81. The van der Waals surface area contributed by atoms with Gasteiger partial charge in [-0.05, 0) is 50.2 Å². The Morgan fingerprint density at radius 2 is 1.93 bits per heavy atom. The number of carbonyl (C=O) groups is 1. The monoisotopic (exact) mass is 406 g/mol. The number of fused-ring (bicyclic) bond motifs is 1. The van der Waals surface area contributed by atoms with Crippen LogP contribution in [-0.4, -0.2) is 17.5 Å². The number of para-hydroxylation sites is 1. The lowest BCUT2D eigenvalue weighted by Crippen LogP contribution is -2.20. The van der Waals surface area contributed by atoms with Crippen molar-refractivity contribution in [2.24, 2.45) is 0 Å². The van der Waals surface area contributed by atoms with Crippen molar-refractivity contribution < 1.29 is 13.9 Å². The number of ether oxygens (including phenoxy) is 1. The average Bonchev–Trinajstić information content (AvgIpc) is 3.08. The molecule has 4 rings (SSSR count). The Kier molecular flexibility index (Phi) is 5.14. The van der Waals surface area contributed by atoms with Crippen molar-refractivity contribution in [2.45, 2.75) is 13.8 Å². The van der Waals surface area contributed by atoms with Crippen molar-refractivity contribution in [3.63, 3.8) is 0 Å². The first-order valence-corrected chi connectivity index (χ1v) is 9.91. The van der Waals surface area contributed by atoms with Gasteiger partial charge in [-0.3, -0.25) is 10.1 Å². The average molecular weight is 406 g/mol. The van der Waals surface area contributed by atoms with Crippen molar-refractivity contribution in [3.05, 3.63) is 75.5 Å². The minimum atomic E-state index is -0.679. The van der Waals surface area contributed by atoms with Crippen LogP contribution in [0.5, 0.6) is 5.75 Å². The molecule has 7 heteroatoms. The summed E-state index contributed by atoms with van der Waals surface area (Å²) in [7, 11) is 0. The number of nitrogens with one attached hydrogen (secondary N) is 1. The molecule has 0 saturated heterocycles. The topological polar surface area (TPSA) is 81.4 Å². The smallest absolute Gasteiger partial charge is 0.349 e. The van der Waals surface area contributed by atoms with E-state index in [0.29, 0.717) is 22.7 Å². The van der Waals surface area contributed by atoms with Gasteiger partial charge in [-0.25, -0.2) is 9.78 Å². The van der Waals surface area contributed by atoms with Crippen molar-refractivity contribution >= 4 is 33.3 Å². The van der Waals surface area contributed by atoms with E-state index in [0.717, 1.165) is 21.9 Å². The Morgan fingerprint density at radius 3 is 2.69 bits per heavy atom. The van der Waals surface area contributed by atoms with Gasteiger partial charge in [0.15, 0.2) is 5.13 Å². The summed E-state index contributed by atoms with van der Waals surface area (Å²) >= 11 is 1.35. The third-order valence-electron chi connectivity index (χ3n) is 4.34. The second-order valence-electron chi connectivity index (χ2n) is 6.32. The Morgan fingerprint density at radius 1 is 1.17 bits per heavy atom. The second-order valence-corrected chi connectivity index (χ2v) is 7.52. The van der Waals surface area contributed by atoms with Crippen LogP contribution in [0.4, 0.5) is 5.13 Å². The number of carbonyl (C=O) groups excluding carboxylic acids is 1. The highest BCUT2D eigenvalue weighted by Gasteiger charge is 2.17. The van der Waals surface area contributed by atoms with E-state index in [2.05, 4.69) is 10.3 Å². The van der Waals surface area contributed by atoms with E-state index in [1.54, 1.807) is 18.2 Å². The Bertz CT molecular complexity index is 1240. The number of nitrogens with zero attached hydrogens (tertiary/aromatic N) is 1. The lowest BCUT2D eigenvalue weighted by molar-refractivity contribution is 0.102. The molecule has 0 spiro atoms. The molecular formula is C22H18N2O4S. The lowest BCUT2D eigenvalue weighted by atomic mass is 10.1. The number of benzene rings is 2. The fraction of sp³-hybridized carbons (Fsp3) is 0.136. The summed E-state index contributed by atoms with van der Waals surface area (Å²) in [4.78, 5) is 30.3. The summed E-state index contributed by atoms with van der Waals surface area (Å²) in [6.07, 6.45) is 0. The molecule has 0 aliphatic heterocycles. The third kappa shape index (κ3) is 3.90. The quantitative estimate of drug-likeness (QED) is 0.478. The SMILES string of the molecule is CCOc1ccc(-c2nc(NC(=O)c3cc4ccccc4oc3=O)sc2C)cc1. The van der Waals surface area contributed by atoms with Gasteiger partial charge in [0.05, 0.1) is 12.3 Å². The van der Waals surface area contributed by atoms with Gasteiger partial charge in [0.1, 0.15) is 16.9 Å². The van der Waals surface area contributed by atoms with Gasteiger partial charge in [-0.2, -0.15) is 0 Å². The van der Waals surface area contributed by atoms with Crippen LogP contribution < -0.4 is 15.7 Å². The molecular weight excluding hydrogens is 388 g/mol. The van der Waals surface area contributed by atoms with Crippen LogP contribution in [0.2, 0.25) is 0 Å². The molecule has 0 aliphatic rings. The number of rotatable bonds is 5. The van der Waals surface area contributed by atoms with Crippen molar-refractivity contribution in [2.75, 3.05) is 11.9 Å². The molecule has 4 aromatic rings. The molecule has 6 nitrogen and oxygen atoms in total. The lowest BCUT2D eigenvalue weighted by Gasteiger charge is -2.04. The molecule has 0 atom stereocenters. The highest BCUT2D eigenvalue weighted by molar-refractivity contribution is 7.16. The van der Waals surface area contributed by atoms with Crippen molar-refractivity contribution in [1.29, 1.82) is 0 Å². The van der Waals surface area contributed by atoms with E-state index in [-0.39, 0.29) is 5.56 Å². The second kappa shape index (κ2) is 7.89. The van der Waals surface area contributed by atoms with E-state index in [1.165, 1.54) is 17.4 Å². The number of aryl methyl sites for hydroxylation is 1. The van der Waals surface area contributed by atoms with Crippen LogP contribution in [0, 0.1) is 6.92 Å². The molecule has 2 heterocycles. The number of amides is 1. The van der Waals surface area contributed by atoms with Gasteiger partial charge >= 0.3 is 5.63 Å². The van der Waals surface area contributed by atoms with Crippen molar-refractivity contribution in [3.8, 4) is 17.0 Å². The van der Waals surface area contributed by atoms with E-state index in [9.17, 15) is 9.59 Å². The molecule has 1 amide bonds. The number of aromatic nitrogens is 1. The summed E-state index contributed by atoms with van der Waals surface area (Å²) in [5.41, 5.74) is 1.41. The van der Waals surface area contributed by atoms with Gasteiger partial charge in [0.2, 0.25) is 0 Å². The number of anilines is 1. The van der Waals surface area contributed by atoms with E-state index >= 15 is 0 Å². The van der Waals surface area contributed by atoms with Crippen LogP contribution in [0.25, 0.3) is 22.2 Å². The maximum atomic E-state index is 12.6. The van der Waals surface area contributed by atoms with Crippen LogP contribution in [0.1, 0.15) is 22.2 Å². The zero-order valence-electron chi connectivity index (χ0n) is 15.9. The van der Waals surface area contributed by atoms with Gasteiger partial charge in [-0.1, -0.05) is 18.2 Å². The summed E-state index contributed by atoms with van der Waals surface area (Å²) in [6.45, 7) is 4.47. The summed E-state index contributed by atoms with van der Waals surface area (Å²) < 4.78 is 10.7. The van der Waals surface area contributed by atoms with E-state index in [4.69, 9.17) is 9.15 Å². The van der Waals surface area contributed by atoms with Crippen LogP contribution in [0.15, 0.2) is 63.8 Å². The zero-order chi connectivity index (χ0) is 20.4. The third-order valence-corrected chi connectivity index (χ3v) is 5.23. The minimum absolute atomic E-state index is 0.0563. The number of hydrogen-bond donors (Lipinski definition) is 1. The van der Waals surface area contributed by atoms with Crippen LogP contribution in [0.3, 0.4) is 0 Å². The van der Waals surface area contributed by atoms with E-state index < -0.39 is 11.5 Å². The molecule has 0 fully saturated rings. The predicted molar refractivity (Wildman–Crippen MR) is 114 cm³/mol. The minimum Gasteiger partial charge on any atom is -0.494 e. The molecule has 0 bridgehead atoms. The first-order chi connectivity index (χ1) is 14.0. The van der Waals surface area contributed by atoms with Crippen molar-refractivity contribution in [1.82, 2.24) is 4.98 Å². The van der Waals surface area contributed by atoms with Gasteiger partial charge in [0.25, 0.3) is 5.91 Å². The highest BCUT2D eigenvalue weighted by atomic mass is 32.1. The predicted octanol–water partition coefficient (Wildman–Crippen LogP) is 4.88. The Hall–Kier alpha value is -3.45. The van der Waals surface area contributed by atoms with Gasteiger partial charge < -0.3 is 9.15 Å². The molecule has 2 aromatic carbocycles. The standard InChI is InChI=1S/C22H18N2O4S/c1-3-27-16-10-8-14(9-11-16)19-13(2)29-22(23-19)24-20(25)17-12-15-6-4-5-7-18(15)28-21(17)26/h4-12H,3H2,1-2H3,(H,23,24,25). The zero-order valence-corrected chi connectivity index (χ0v) is 16.7. The first kappa shape index (κ1) is 18.9. The largest absolute Gasteiger partial charge is 0.494 e. The number of thiazole rings is 1. The first-order valence-electron chi connectivity index (χ1n) is 9.10. The van der Waals surface area contributed by atoms with E-state index in [1.807, 2.05) is 44.2 Å². The Balaban J connectivity index is 1.59. The van der Waals surface area contributed by atoms with Crippen LogP contribution >= 0.6 is 11.3 Å². The fourth-order valence-electron chi connectivity index (χ4n) is 2.98. The molecule has 0 unspecified atom stereocenters. The molecule has 0 saturated carbocycles. The highest BCUT2D eigenvalue weighted by Crippen LogP contribution is 2.31. The molecule has 146 valence electrons. The molecule has 1 N–H and O–H groups in total. The summed E-state index contributed by atoms with van der Waals surface area (Å²) in [6, 6.07) is 16.2. The molecule has 0 radical (unpaired) electrons. The maximum Gasteiger partial charge on any atom is 0.349 e. The normalized spacial score (nSPS) is 10.8. The molecule has 2 aromatic heterocycles. The number of hydrogen-bond acceptors (Lipinski definition) is 6. The molecule has 29 heavy (non-hydrogen) atoms. The van der Waals surface area contributed by atoms with Crippen LogP contribution in [-0.2, 0) is 0 Å². The Labute approximate surface area is 170 Å². The summed E-state index contributed by atoms with van der Waals surface area (Å²) in [5, 5.41) is 3.81.